The summed E-state index contributed by atoms with van der Waals surface area (Å²) in [6, 6.07) is 21.3. The number of aryl methyl sites for hydroxylation is 1. The highest BCUT2D eigenvalue weighted by molar-refractivity contribution is 6.02. The molecule has 0 spiro atoms. The second-order valence-corrected chi connectivity index (χ2v) is 7.20. The summed E-state index contributed by atoms with van der Waals surface area (Å²) in [4.78, 5) is 14.5. The molecule has 0 aromatic heterocycles. The van der Waals surface area contributed by atoms with Crippen LogP contribution in [-0.4, -0.2) is 18.3 Å². The topological polar surface area (TPSA) is 20.3 Å². The Bertz CT molecular complexity index is 983. The smallest absolute Gasteiger partial charge is 0.333 e. The summed E-state index contributed by atoms with van der Waals surface area (Å²) < 4.78 is 31.4. The lowest BCUT2D eigenvalue weighted by atomic mass is 9.85. The molecule has 3 aromatic carbocycles. The van der Waals surface area contributed by atoms with Crippen molar-refractivity contribution >= 4 is 11.5 Å². The number of benzene rings is 3. The molecular weight excluding hydrogens is 356 g/mol. The Balaban J connectivity index is 1.81. The van der Waals surface area contributed by atoms with Gasteiger partial charge in [-0.3, -0.25) is 4.79 Å². The standard InChI is InChI=1S/C24H21F2NO/c1-17-11-13-19(14-12-17)23(28)24(25,26)22-21-10-6-5-7-18(21)15-16-27(22)20-8-3-2-4-9-20/h2-14,22H,15-16H2,1H3. The number of carbonyl (C=O) groups is 1. The highest BCUT2D eigenvalue weighted by Crippen LogP contribution is 2.44. The molecule has 1 heterocycles. The minimum Gasteiger partial charge on any atom is -0.358 e. The molecule has 142 valence electrons. The average Bonchev–Trinajstić information content (AvgIpc) is 2.73. The Morgan fingerprint density at radius 3 is 2.29 bits per heavy atom. The number of hydrogen-bond donors (Lipinski definition) is 0. The molecule has 1 aliphatic rings. The van der Waals surface area contributed by atoms with Gasteiger partial charge >= 0.3 is 5.92 Å². The Morgan fingerprint density at radius 2 is 1.57 bits per heavy atom. The third-order valence-corrected chi connectivity index (χ3v) is 5.33. The molecule has 0 N–H and O–H groups in total. The van der Waals surface area contributed by atoms with Crippen molar-refractivity contribution in [2.45, 2.75) is 25.3 Å². The maximum absolute atomic E-state index is 15.7. The third-order valence-electron chi connectivity index (χ3n) is 5.33. The molecule has 2 nitrogen and oxygen atoms in total. The van der Waals surface area contributed by atoms with Crippen LogP contribution in [0.2, 0.25) is 0 Å². The summed E-state index contributed by atoms with van der Waals surface area (Å²) in [5, 5.41) is 0. The van der Waals surface area contributed by atoms with E-state index in [2.05, 4.69) is 0 Å². The van der Waals surface area contributed by atoms with E-state index in [4.69, 9.17) is 0 Å². The molecule has 28 heavy (non-hydrogen) atoms. The summed E-state index contributed by atoms with van der Waals surface area (Å²) in [5.41, 5.74) is 3.04. The maximum atomic E-state index is 15.7. The van der Waals surface area contributed by atoms with Gasteiger partial charge in [0.05, 0.1) is 0 Å². The Labute approximate surface area is 163 Å². The number of carbonyl (C=O) groups excluding carboxylic acids is 1. The number of rotatable bonds is 4. The SMILES string of the molecule is Cc1ccc(C(=O)C(F)(F)C2c3ccccc3CCN2c2ccccc2)cc1. The van der Waals surface area contributed by atoms with E-state index in [-0.39, 0.29) is 5.56 Å². The molecular formula is C24H21F2NO. The van der Waals surface area contributed by atoms with Crippen LogP contribution in [0.5, 0.6) is 0 Å². The Kier molecular flexibility index (Phi) is 4.71. The molecule has 0 fully saturated rings. The minimum absolute atomic E-state index is 0.0340. The molecule has 4 heteroatoms. The highest BCUT2D eigenvalue weighted by atomic mass is 19.3. The van der Waals surface area contributed by atoms with Crippen LogP contribution in [0.25, 0.3) is 0 Å². The number of fused-ring (bicyclic) bond motifs is 1. The molecule has 1 aliphatic heterocycles. The normalized spacial score (nSPS) is 16.5. The zero-order valence-electron chi connectivity index (χ0n) is 15.6. The molecule has 0 bridgehead atoms. The van der Waals surface area contributed by atoms with Gasteiger partial charge in [-0.2, -0.15) is 8.78 Å². The molecule has 3 aromatic rings. The number of hydrogen-bond acceptors (Lipinski definition) is 2. The molecule has 4 rings (SSSR count). The summed E-state index contributed by atoms with van der Waals surface area (Å²) in [7, 11) is 0. The van der Waals surface area contributed by atoms with Gasteiger partial charge in [-0.1, -0.05) is 72.3 Å². The number of para-hydroxylation sites is 1. The van der Waals surface area contributed by atoms with Gasteiger partial charge in [-0.25, -0.2) is 0 Å². The summed E-state index contributed by atoms with van der Waals surface area (Å²) in [6.45, 7) is 2.30. The molecule has 0 radical (unpaired) electrons. The van der Waals surface area contributed by atoms with Crippen molar-refractivity contribution in [3.05, 3.63) is 101 Å². The van der Waals surface area contributed by atoms with E-state index < -0.39 is 17.7 Å². The van der Waals surface area contributed by atoms with E-state index in [1.807, 2.05) is 49.4 Å². The lowest BCUT2D eigenvalue weighted by molar-refractivity contribution is -0.0104. The van der Waals surface area contributed by atoms with Crippen LogP contribution < -0.4 is 4.90 Å². The van der Waals surface area contributed by atoms with Crippen molar-refractivity contribution in [3.63, 3.8) is 0 Å². The Hall–Kier alpha value is -3.01. The first-order valence-electron chi connectivity index (χ1n) is 9.37. The summed E-state index contributed by atoms with van der Waals surface area (Å²) >= 11 is 0. The van der Waals surface area contributed by atoms with Crippen molar-refractivity contribution in [2.75, 3.05) is 11.4 Å². The largest absolute Gasteiger partial charge is 0.358 e. The number of anilines is 1. The zero-order chi connectivity index (χ0) is 19.7. The maximum Gasteiger partial charge on any atom is 0.333 e. The van der Waals surface area contributed by atoms with Gasteiger partial charge in [0.1, 0.15) is 6.04 Å². The van der Waals surface area contributed by atoms with Crippen LogP contribution in [0.4, 0.5) is 14.5 Å². The number of Topliss-reactive ketones (excluding diaryl/α,β-unsaturated/α-hetero) is 1. The summed E-state index contributed by atoms with van der Waals surface area (Å²) in [5.74, 6) is -4.71. The lowest BCUT2D eigenvalue weighted by Gasteiger charge is -2.42. The fourth-order valence-electron chi connectivity index (χ4n) is 3.88. The number of alkyl halides is 2. The molecule has 0 amide bonds. The van der Waals surface area contributed by atoms with Gasteiger partial charge < -0.3 is 4.90 Å². The van der Waals surface area contributed by atoms with Gasteiger partial charge in [0.25, 0.3) is 0 Å². The van der Waals surface area contributed by atoms with Gasteiger partial charge in [-0.15, -0.1) is 0 Å². The second-order valence-electron chi connectivity index (χ2n) is 7.20. The van der Waals surface area contributed by atoms with Crippen molar-refractivity contribution in [1.82, 2.24) is 0 Å². The predicted octanol–water partition coefficient (Wildman–Crippen LogP) is 5.62. The molecule has 1 unspecified atom stereocenters. The van der Waals surface area contributed by atoms with Crippen molar-refractivity contribution in [1.29, 1.82) is 0 Å². The van der Waals surface area contributed by atoms with E-state index in [9.17, 15) is 4.79 Å². The zero-order valence-corrected chi connectivity index (χ0v) is 15.6. The van der Waals surface area contributed by atoms with Crippen LogP contribution >= 0.6 is 0 Å². The van der Waals surface area contributed by atoms with Crippen LogP contribution in [0.3, 0.4) is 0 Å². The predicted molar refractivity (Wildman–Crippen MR) is 107 cm³/mol. The van der Waals surface area contributed by atoms with E-state index in [0.717, 1.165) is 11.1 Å². The first-order chi connectivity index (χ1) is 13.5. The third kappa shape index (κ3) is 3.19. The highest BCUT2D eigenvalue weighted by Gasteiger charge is 2.52. The second kappa shape index (κ2) is 7.19. The fourth-order valence-corrected chi connectivity index (χ4v) is 3.88. The Morgan fingerprint density at radius 1 is 0.929 bits per heavy atom. The van der Waals surface area contributed by atoms with Crippen LogP contribution in [0.15, 0.2) is 78.9 Å². The van der Waals surface area contributed by atoms with Gasteiger partial charge in [0.2, 0.25) is 5.78 Å². The monoisotopic (exact) mass is 377 g/mol. The van der Waals surface area contributed by atoms with Crippen LogP contribution in [0, 0.1) is 6.92 Å². The first kappa shape index (κ1) is 18.4. The minimum atomic E-state index is -3.57. The molecule has 0 saturated carbocycles. The molecule has 0 aliphatic carbocycles. The van der Waals surface area contributed by atoms with E-state index in [0.29, 0.717) is 24.2 Å². The summed E-state index contributed by atoms with van der Waals surface area (Å²) in [6.07, 6.45) is 0.663. The lowest BCUT2D eigenvalue weighted by Crippen LogP contribution is -2.49. The van der Waals surface area contributed by atoms with E-state index >= 15 is 8.78 Å². The van der Waals surface area contributed by atoms with Gasteiger partial charge in [-0.05, 0) is 36.6 Å². The van der Waals surface area contributed by atoms with E-state index in [1.54, 1.807) is 29.2 Å². The first-order valence-corrected chi connectivity index (χ1v) is 9.37. The molecule has 0 saturated heterocycles. The van der Waals surface area contributed by atoms with Crippen LogP contribution in [0.1, 0.15) is 33.1 Å². The van der Waals surface area contributed by atoms with Crippen molar-refractivity contribution < 1.29 is 13.6 Å². The van der Waals surface area contributed by atoms with Gasteiger partial charge in [0, 0.05) is 17.8 Å². The van der Waals surface area contributed by atoms with Crippen molar-refractivity contribution in [2.24, 2.45) is 0 Å². The number of ketones is 1. The number of nitrogens with zero attached hydrogens (tertiary/aromatic N) is 1. The van der Waals surface area contributed by atoms with Crippen LogP contribution in [-0.2, 0) is 6.42 Å². The van der Waals surface area contributed by atoms with Crippen molar-refractivity contribution in [3.8, 4) is 0 Å². The van der Waals surface area contributed by atoms with Gasteiger partial charge in [0.15, 0.2) is 0 Å². The van der Waals surface area contributed by atoms with E-state index in [1.165, 1.54) is 12.1 Å². The number of halogens is 2. The average molecular weight is 377 g/mol. The molecule has 1 atom stereocenters. The fraction of sp³-hybridized carbons (Fsp3) is 0.208. The quantitative estimate of drug-likeness (QED) is 0.550.